The molecule has 2 N–H and O–H groups in total. The van der Waals surface area contributed by atoms with Crippen LogP contribution in [0.5, 0.6) is 0 Å². The van der Waals surface area contributed by atoms with E-state index in [1.165, 1.54) is 4.90 Å². The van der Waals surface area contributed by atoms with Crippen LogP contribution in [-0.2, 0) is 4.79 Å². The molecule has 0 bridgehead atoms. The zero-order valence-corrected chi connectivity index (χ0v) is 12.0. The number of hydrogen-bond acceptors (Lipinski definition) is 2. The molecule has 0 aromatic rings. The third kappa shape index (κ3) is 6.99. The van der Waals surface area contributed by atoms with E-state index in [9.17, 15) is 9.59 Å². The number of halogens is 1. The standard InChI is InChI=1S/C11H19BrN2O3/c1-8(12)7-13-10(17)14(11(2,3)4)6-5-9(15)16/h1,5-7H2,2-4H3,(H,13,17)(H,15,16). The average molecular weight is 307 g/mol. The van der Waals surface area contributed by atoms with Gasteiger partial charge in [0.1, 0.15) is 0 Å². The van der Waals surface area contributed by atoms with Gasteiger partial charge in [-0.3, -0.25) is 4.79 Å². The Bertz CT molecular complexity index is 310. The smallest absolute Gasteiger partial charge is 0.318 e. The van der Waals surface area contributed by atoms with Crippen molar-refractivity contribution in [2.45, 2.75) is 32.7 Å². The lowest BCUT2D eigenvalue weighted by Crippen LogP contribution is -2.51. The highest BCUT2D eigenvalue weighted by Gasteiger charge is 2.26. The van der Waals surface area contributed by atoms with Crippen molar-refractivity contribution in [1.29, 1.82) is 0 Å². The number of nitrogens with zero attached hydrogens (tertiary/aromatic N) is 1. The molecule has 6 heteroatoms. The van der Waals surface area contributed by atoms with Crippen molar-refractivity contribution in [2.24, 2.45) is 0 Å². The van der Waals surface area contributed by atoms with E-state index >= 15 is 0 Å². The number of aliphatic carboxylic acids is 1. The van der Waals surface area contributed by atoms with Crippen molar-refractivity contribution < 1.29 is 14.7 Å². The van der Waals surface area contributed by atoms with Crippen LogP contribution in [0.2, 0.25) is 0 Å². The summed E-state index contributed by atoms with van der Waals surface area (Å²) in [6.45, 7) is 9.69. The summed E-state index contributed by atoms with van der Waals surface area (Å²) < 4.78 is 0.665. The number of nitrogens with one attached hydrogen (secondary N) is 1. The summed E-state index contributed by atoms with van der Waals surface area (Å²) in [5.74, 6) is -0.919. The van der Waals surface area contributed by atoms with Crippen molar-refractivity contribution in [3.63, 3.8) is 0 Å². The Hall–Kier alpha value is -1.04. The quantitative estimate of drug-likeness (QED) is 0.818. The molecule has 0 aromatic heterocycles. The van der Waals surface area contributed by atoms with E-state index < -0.39 is 11.5 Å². The highest BCUT2D eigenvalue weighted by atomic mass is 79.9. The van der Waals surface area contributed by atoms with Gasteiger partial charge in [-0.25, -0.2) is 4.79 Å². The highest BCUT2D eigenvalue weighted by Crippen LogP contribution is 2.14. The molecule has 0 aliphatic heterocycles. The van der Waals surface area contributed by atoms with Crippen molar-refractivity contribution in [3.8, 4) is 0 Å². The molecule has 0 saturated carbocycles. The van der Waals surface area contributed by atoms with Gasteiger partial charge in [-0.1, -0.05) is 22.5 Å². The zero-order chi connectivity index (χ0) is 13.6. The molecule has 0 radical (unpaired) electrons. The fraction of sp³-hybridized carbons (Fsp3) is 0.636. The molecule has 0 atom stereocenters. The number of rotatable bonds is 5. The third-order valence-electron chi connectivity index (χ3n) is 2.04. The summed E-state index contributed by atoms with van der Waals surface area (Å²) in [6.07, 6.45) is -0.0695. The maximum absolute atomic E-state index is 11.9. The summed E-state index contributed by atoms with van der Waals surface area (Å²) in [5, 5.41) is 11.3. The second kappa shape index (κ2) is 6.64. The normalized spacial score (nSPS) is 10.8. The van der Waals surface area contributed by atoms with Crippen LogP contribution in [-0.4, -0.2) is 40.6 Å². The lowest BCUT2D eigenvalue weighted by Gasteiger charge is -2.35. The third-order valence-corrected chi connectivity index (χ3v) is 2.32. The van der Waals surface area contributed by atoms with Crippen LogP contribution < -0.4 is 5.32 Å². The van der Waals surface area contributed by atoms with Crippen LogP contribution in [0, 0.1) is 0 Å². The van der Waals surface area contributed by atoms with Gasteiger partial charge in [-0.15, -0.1) is 0 Å². The fourth-order valence-electron chi connectivity index (χ4n) is 1.22. The molecule has 0 fully saturated rings. The lowest BCUT2D eigenvalue weighted by molar-refractivity contribution is -0.137. The predicted molar refractivity (Wildman–Crippen MR) is 70.2 cm³/mol. The average Bonchev–Trinajstić information content (AvgIpc) is 2.12. The van der Waals surface area contributed by atoms with Crippen LogP contribution >= 0.6 is 15.9 Å². The number of amides is 2. The number of carboxylic acid groups (broad SMARTS) is 1. The Balaban J connectivity index is 4.52. The van der Waals surface area contributed by atoms with E-state index in [0.717, 1.165) is 0 Å². The minimum absolute atomic E-state index is 0.0695. The Morgan fingerprint density at radius 3 is 2.29 bits per heavy atom. The van der Waals surface area contributed by atoms with Gasteiger partial charge in [0, 0.05) is 16.6 Å². The van der Waals surface area contributed by atoms with Gasteiger partial charge in [0.2, 0.25) is 0 Å². The molecule has 98 valence electrons. The molecule has 0 rings (SSSR count). The topological polar surface area (TPSA) is 69.6 Å². The summed E-state index contributed by atoms with van der Waals surface area (Å²) in [7, 11) is 0. The highest BCUT2D eigenvalue weighted by molar-refractivity contribution is 9.11. The molecule has 17 heavy (non-hydrogen) atoms. The molecule has 2 amide bonds. The van der Waals surface area contributed by atoms with Gasteiger partial charge in [0.25, 0.3) is 0 Å². The first-order valence-corrected chi connectivity index (χ1v) is 6.04. The second-order valence-electron chi connectivity index (χ2n) is 4.64. The van der Waals surface area contributed by atoms with Crippen LogP contribution in [0.25, 0.3) is 0 Å². The Morgan fingerprint density at radius 1 is 1.41 bits per heavy atom. The van der Waals surface area contributed by atoms with E-state index in [1.807, 2.05) is 20.8 Å². The summed E-state index contributed by atoms with van der Waals surface area (Å²) in [6, 6.07) is -0.292. The van der Waals surface area contributed by atoms with Crippen LogP contribution in [0.3, 0.4) is 0 Å². The number of hydrogen-bond donors (Lipinski definition) is 2. The molecular formula is C11H19BrN2O3. The van der Waals surface area contributed by atoms with Crippen molar-refractivity contribution >= 4 is 27.9 Å². The maximum Gasteiger partial charge on any atom is 0.318 e. The van der Waals surface area contributed by atoms with Crippen molar-refractivity contribution in [2.75, 3.05) is 13.1 Å². The Morgan fingerprint density at radius 2 is 1.94 bits per heavy atom. The molecule has 0 aliphatic rings. The number of carbonyl (C=O) groups excluding carboxylic acids is 1. The minimum atomic E-state index is -0.919. The van der Waals surface area contributed by atoms with Gasteiger partial charge >= 0.3 is 12.0 Å². The summed E-state index contributed by atoms with van der Waals surface area (Å²) in [4.78, 5) is 23.9. The monoisotopic (exact) mass is 306 g/mol. The van der Waals surface area contributed by atoms with E-state index in [0.29, 0.717) is 11.0 Å². The predicted octanol–water partition coefficient (Wildman–Crippen LogP) is 2.18. The van der Waals surface area contributed by atoms with Gasteiger partial charge < -0.3 is 15.3 Å². The fourth-order valence-corrected chi connectivity index (χ4v) is 1.36. The molecule has 0 aliphatic carbocycles. The maximum atomic E-state index is 11.9. The first-order chi connectivity index (χ1) is 7.64. The molecule has 0 spiro atoms. The summed E-state index contributed by atoms with van der Waals surface area (Å²) in [5.41, 5.74) is -0.423. The number of carboxylic acids is 1. The zero-order valence-electron chi connectivity index (χ0n) is 10.4. The van der Waals surface area contributed by atoms with Crippen LogP contribution in [0.1, 0.15) is 27.2 Å². The molecular weight excluding hydrogens is 288 g/mol. The Labute approximate surface area is 110 Å². The van der Waals surface area contributed by atoms with Gasteiger partial charge in [-0.2, -0.15) is 0 Å². The van der Waals surface area contributed by atoms with Crippen LogP contribution in [0.4, 0.5) is 4.79 Å². The first-order valence-electron chi connectivity index (χ1n) is 5.25. The lowest BCUT2D eigenvalue weighted by atomic mass is 10.1. The SMILES string of the molecule is C=C(Br)CNC(=O)N(CCC(=O)O)C(C)(C)C. The summed E-state index contributed by atoms with van der Waals surface area (Å²) >= 11 is 3.14. The van der Waals surface area contributed by atoms with E-state index in [4.69, 9.17) is 5.11 Å². The molecule has 0 saturated heterocycles. The molecule has 0 aromatic carbocycles. The largest absolute Gasteiger partial charge is 0.481 e. The van der Waals surface area contributed by atoms with Gasteiger partial charge in [0.15, 0.2) is 0 Å². The number of carbonyl (C=O) groups is 2. The molecule has 0 heterocycles. The van der Waals surface area contributed by atoms with Crippen molar-refractivity contribution in [1.82, 2.24) is 10.2 Å². The van der Waals surface area contributed by atoms with E-state index in [-0.39, 0.29) is 19.0 Å². The van der Waals surface area contributed by atoms with Crippen LogP contribution in [0.15, 0.2) is 11.1 Å². The van der Waals surface area contributed by atoms with E-state index in [2.05, 4.69) is 27.8 Å². The second-order valence-corrected chi connectivity index (χ2v) is 5.76. The number of urea groups is 1. The molecule has 5 nitrogen and oxygen atoms in total. The van der Waals surface area contributed by atoms with E-state index in [1.54, 1.807) is 0 Å². The van der Waals surface area contributed by atoms with Gasteiger partial charge in [0.05, 0.1) is 13.0 Å². The van der Waals surface area contributed by atoms with Gasteiger partial charge in [-0.05, 0) is 20.8 Å². The minimum Gasteiger partial charge on any atom is -0.481 e. The Kier molecular flexibility index (Phi) is 6.23. The first kappa shape index (κ1) is 16.0. The van der Waals surface area contributed by atoms with Crippen molar-refractivity contribution in [3.05, 3.63) is 11.1 Å². The molecule has 0 unspecified atom stereocenters.